The first kappa shape index (κ1) is 14.2. The van der Waals surface area contributed by atoms with E-state index in [1.807, 2.05) is 11.6 Å². The molecule has 2 heterocycles. The van der Waals surface area contributed by atoms with Crippen molar-refractivity contribution in [1.82, 2.24) is 14.9 Å². The second kappa shape index (κ2) is 5.04. The summed E-state index contributed by atoms with van der Waals surface area (Å²) in [6.45, 7) is 4.76. The van der Waals surface area contributed by atoms with Crippen molar-refractivity contribution in [2.45, 2.75) is 25.7 Å². The molecule has 0 radical (unpaired) electrons. The van der Waals surface area contributed by atoms with Gasteiger partial charge in [0.2, 0.25) is 0 Å². The van der Waals surface area contributed by atoms with Gasteiger partial charge < -0.3 is 4.52 Å². The van der Waals surface area contributed by atoms with Gasteiger partial charge in [-0.25, -0.2) is 13.1 Å². The summed E-state index contributed by atoms with van der Waals surface area (Å²) in [6.07, 6.45) is 1.48. The Morgan fingerprint density at radius 1 is 1.25 bits per heavy atom. The third kappa shape index (κ3) is 2.69. The number of pyridine rings is 1. The molecule has 20 heavy (non-hydrogen) atoms. The standard InChI is InChI=1S/C12H13N3O4S/c1-7-4-5-10(13-6-7)12(16)15-20(17,18)11-8(2)14-19-9(11)3/h4-6H,1-3H3,(H,15,16). The molecule has 2 aromatic rings. The van der Waals surface area contributed by atoms with E-state index in [0.717, 1.165) is 5.56 Å². The second-order valence-corrected chi connectivity index (χ2v) is 5.93. The van der Waals surface area contributed by atoms with Gasteiger partial charge in [0.25, 0.3) is 15.9 Å². The molecule has 0 saturated heterocycles. The second-order valence-electron chi connectivity index (χ2n) is 4.31. The quantitative estimate of drug-likeness (QED) is 0.910. The number of nitrogens with zero attached hydrogens (tertiary/aromatic N) is 2. The summed E-state index contributed by atoms with van der Waals surface area (Å²) >= 11 is 0. The number of carbonyl (C=O) groups excluding carboxylic acids is 1. The summed E-state index contributed by atoms with van der Waals surface area (Å²) in [5, 5.41) is 3.55. The fourth-order valence-corrected chi connectivity index (χ4v) is 2.98. The van der Waals surface area contributed by atoms with Gasteiger partial charge >= 0.3 is 0 Å². The maximum absolute atomic E-state index is 12.1. The molecule has 2 rings (SSSR count). The lowest BCUT2D eigenvalue weighted by molar-refractivity contribution is 0.0976. The van der Waals surface area contributed by atoms with E-state index in [-0.39, 0.29) is 22.0 Å². The van der Waals surface area contributed by atoms with Crippen LogP contribution in [0.2, 0.25) is 0 Å². The minimum absolute atomic E-state index is 0.0194. The molecule has 0 bridgehead atoms. The van der Waals surface area contributed by atoms with Crippen LogP contribution in [0.15, 0.2) is 27.7 Å². The number of carbonyl (C=O) groups is 1. The molecule has 2 aromatic heterocycles. The summed E-state index contributed by atoms with van der Waals surface area (Å²) in [6, 6.07) is 3.12. The molecule has 0 aromatic carbocycles. The van der Waals surface area contributed by atoms with Crippen LogP contribution in [0.5, 0.6) is 0 Å². The molecule has 0 unspecified atom stereocenters. The lowest BCUT2D eigenvalue weighted by Gasteiger charge is -2.05. The number of amides is 1. The van der Waals surface area contributed by atoms with E-state index in [2.05, 4.69) is 10.1 Å². The smallest absolute Gasteiger partial charge is 0.283 e. The average molecular weight is 295 g/mol. The zero-order valence-electron chi connectivity index (χ0n) is 11.2. The molecule has 0 atom stereocenters. The fourth-order valence-electron chi connectivity index (χ4n) is 1.69. The highest BCUT2D eigenvalue weighted by Crippen LogP contribution is 2.18. The molecule has 0 fully saturated rings. The first-order valence-electron chi connectivity index (χ1n) is 5.74. The molecule has 0 aliphatic carbocycles. The van der Waals surface area contributed by atoms with Crippen LogP contribution in [0.3, 0.4) is 0 Å². The minimum atomic E-state index is -4.03. The van der Waals surface area contributed by atoms with E-state index in [1.165, 1.54) is 26.1 Å². The number of hydrogen-bond donors (Lipinski definition) is 1. The Balaban J connectivity index is 2.29. The highest BCUT2D eigenvalue weighted by Gasteiger charge is 2.26. The predicted molar refractivity (Wildman–Crippen MR) is 69.6 cm³/mol. The van der Waals surface area contributed by atoms with Crippen LogP contribution in [-0.2, 0) is 10.0 Å². The molecule has 0 saturated carbocycles. The molecule has 106 valence electrons. The zero-order chi connectivity index (χ0) is 14.9. The first-order valence-corrected chi connectivity index (χ1v) is 7.22. The van der Waals surface area contributed by atoms with E-state index in [4.69, 9.17) is 4.52 Å². The molecule has 8 heteroatoms. The third-order valence-electron chi connectivity index (χ3n) is 2.61. The highest BCUT2D eigenvalue weighted by molar-refractivity contribution is 7.90. The third-order valence-corrected chi connectivity index (χ3v) is 4.18. The minimum Gasteiger partial charge on any atom is -0.360 e. The summed E-state index contributed by atoms with van der Waals surface area (Å²) < 4.78 is 31.0. The van der Waals surface area contributed by atoms with Gasteiger partial charge in [0.15, 0.2) is 10.7 Å². The van der Waals surface area contributed by atoms with Crippen molar-refractivity contribution in [3.63, 3.8) is 0 Å². The maximum Gasteiger partial charge on any atom is 0.283 e. The summed E-state index contributed by atoms with van der Waals surface area (Å²) in [5.41, 5.74) is 1.08. The van der Waals surface area contributed by atoms with Crippen molar-refractivity contribution >= 4 is 15.9 Å². The van der Waals surface area contributed by atoms with Crippen LogP contribution < -0.4 is 4.72 Å². The number of hydrogen-bond acceptors (Lipinski definition) is 6. The largest absolute Gasteiger partial charge is 0.360 e. The van der Waals surface area contributed by atoms with E-state index < -0.39 is 15.9 Å². The Morgan fingerprint density at radius 2 is 1.95 bits per heavy atom. The van der Waals surface area contributed by atoms with Gasteiger partial charge in [0.1, 0.15) is 11.4 Å². The van der Waals surface area contributed by atoms with Gasteiger partial charge in [-0.1, -0.05) is 11.2 Å². The topological polar surface area (TPSA) is 102 Å². The van der Waals surface area contributed by atoms with Gasteiger partial charge in [-0.3, -0.25) is 9.78 Å². The molecule has 7 nitrogen and oxygen atoms in total. The van der Waals surface area contributed by atoms with Gasteiger partial charge in [-0.15, -0.1) is 0 Å². The van der Waals surface area contributed by atoms with E-state index in [9.17, 15) is 13.2 Å². The number of nitrogens with one attached hydrogen (secondary N) is 1. The Kier molecular flexibility index (Phi) is 3.58. The molecular weight excluding hydrogens is 282 g/mol. The van der Waals surface area contributed by atoms with Crippen LogP contribution in [-0.4, -0.2) is 24.5 Å². The van der Waals surface area contributed by atoms with E-state index in [0.29, 0.717) is 0 Å². The molecule has 0 aliphatic heterocycles. The number of aryl methyl sites for hydroxylation is 3. The summed E-state index contributed by atoms with van der Waals surface area (Å²) in [4.78, 5) is 15.6. The Labute approximate surface area is 116 Å². The van der Waals surface area contributed by atoms with Crippen molar-refractivity contribution in [3.05, 3.63) is 41.0 Å². The lowest BCUT2D eigenvalue weighted by Crippen LogP contribution is -2.31. The molecule has 1 amide bonds. The first-order chi connectivity index (χ1) is 9.31. The molecule has 0 spiro atoms. The van der Waals surface area contributed by atoms with Crippen LogP contribution in [0.25, 0.3) is 0 Å². The van der Waals surface area contributed by atoms with Crippen molar-refractivity contribution in [3.8, 4) is 0 Å². The van der Waals surface area contributed by atoms with Crippen molar-refractivity contribution in [2.75, 3.05) is 0 Å². The lowest BCUT2D eigenvalue weighted by atomic mass is 10.3. The Morgan fingerprint density at radius 3 is 2.45 bits per heavy atom. The van der Waals surface area contributed by atoms with Gasteiger partial charge in [0.05, 0.1) is 0 Å². The monoisotopic (exact) mass is 295 g/mol. The number of aromatic nitrogens is 2. The van der Waals surface area contributed by atoms with Crippen LogP contribution >= 0.6 is 0 Å². The van der Waals surface area contributed by atoms with Crippen LogP contribution in [0, 0.1) is 20.8 Å². The van der Waals surface area contributed by atoms with Gasteiger partial charge in [-0.2, -0.15) is 0 Å². The number of sulfonamides is 1. The Bertz CT molecular complexity index is 728. The molecular formula is C12H13N3O4S. The van der Waals surface area contributed by atoms with Crippen LogP contribution in [0.1, 0.15) is 27.5 Å². The fraction of sp³-hybridized carbons (Fsp3) is 0.250. The normalized spacial score (nSPS) is 11.3. The molecule has 1 N–H and O–H groups in total. The van der Waals surface area contributed by atoms with Crippen molar-refractivity contribution in [2.24, 2.45) is 0 Å². The highest BCUT2D eigenvalue weighted by atomic mass is 32.2. The van der Waals surface area contributed by atoms with Crippen molar-refractivity contribution in [1.29, 1.82) is 0 Å². The maximum atomic E-state index is 12.1. The van der Waals surface area contributed by atoms with E-state index in [1.54, 1.807) is 6.07 Å². The van der Waals surface area contributed by atoms with Crippen LogP contribution in [0.4, 0.5) is 0 Å². The van der Waals surface area contributed by atoms with Gasteiger partial charge in [-0.05, 0) is 32.4 Å². The summed E-state index contributed by atoms with van der Waals surface area (Å²) in [7, 11) is -4.03. The zero-order valence-corrected chi connectivity index (χ0v) is 12.0. The predicted octanol–water partition coefficient (Wildman–Crippen LogP) is 1.11. The SMILES string of the molecule is Cc1ccc(C(=O)NS(=O)(=O)c2c(C)noc2C)nc1. The van der Waals surface area contributed by atoms with Gasteiger partial charge in [0, 0.05) is 6.20 Å². The van der Waals surface area contributed by atoms with Crippen molar-refractivity contribution < 1.29 is 17.7 Å². The van der Waals surface area contributed by atoms with E-state index >= 15 is 0 Å². The Hall–Kier alpha value is -2.22. The summed E-state index contributed by atoms with van der Waals surface area (Å²) in [5.74, 6) is -0.676. The number of rotatable bonds is 3. The average Bonchev–Trinajstić information content (AvgIpc) is 2.69. The molecule has 0 aliphatic rings.